The lowest BCUT2D eigenvalue weighted by Crippen LogP contribution is -2.49. The normalized spacial score (nSPS) is 20.0. The van der Waals surface area contributed by atoms with Crippen LogP contribution in [0.4, 0.5) is 14.9 Å². The first-order valence-corrected chi connectivity index (χ1v) is 11.9. The van der Waals surface area contributed by atoms with Crippen LogP contribution in [0.1, 0.15) is 62.2 Å². The molecule has 2 amide bonds. The number of nitrogens with zero attached hydrogens (tertiary/aromatic N) is 1. The van der Waals surface area contributed by atoms with Crippen LogP contribution >= 0.6 is 0 Å². The van der Waals surface area contributed by atoms with Gasteiger partial charge in [0, 0.05) is 24.3 Å². The Morgan fingerprint density at radius 1 is 1.06 bits per heavy atom. The third kappa shape index (κ3) is 5.64. The van der Waals surface area contributed by atoms with Gasteiger partial charge in [0.15, 0.2) is 0 Å². The zero-order chi connectivity index (χ0) is 23.2. The van der Waals surface area contributed by atoms with Crippen LogP contribution in [0.5, 0.6) is 11.5 Å². The number of hydrogen-bond acceptors (Lipinski definition) is 4. The van der Waals surface area contributed by atoms with Gasteiger partial charge in [0.1, 0.15) is 17.3 Å². The second-order valence-corrected chi connectivity index (χ2v) is 8.78. The number of halogens is 1. The summed E-state index contributed by atoms with van der Waals surface area (Å²) >= 11 is 0. The molecule has 0 spiro atoms. The molecule has 2 aliphatic rings. The van der Waals surface area contributed by atoms with Crippen molar-refractivity contribution < 1.29 is 23.5 Å². The average Bonchev–Trinajstić information content (AvgIpc) is 2.83. The number of amides is 2. The Hall–Kier alpha value is -3.09. The molecule has 2 fully saturated rings. The zero-order valence-electron chi connectivity index (χ0n) is 19.0. The van der Waals surface area contributed by atoms with E-state index < -0.39 is 11.9 Å². The van der Waals surface area contributed by atoms with E-state index in [-0.39, 0.29) is 11.7 Å². The highest BCUT2D eigenvalue weighted by molar-refractivity contribution is 5.98. The minimum Gasteiger partial charge on any atom is -0.493 e. The first-order valence-electron chi connectivity index (χ1n) is 11.9. The van der Waals surface area contributed by atoms with Gasteiger partial charge in [0.2, 0.25) is 0 Å². The number of carbonyl (C=O) groups is 2. The molecule has 2 aromatic rings. The molecule has 0 unspecified atom stereocenters. The molecule has 0 aromatic heterocycles. The van der Waals surface area contributed by atoms with Crippen molar-refractivity contribution in [1.82, 2.24) is 4.90 Å². The number of likely N-dealkylation sites (tertiary alicyclic amines) is 1. The fourth-order valence-corrected chi connectivity index (χ4v) is 4.89. The van der Waals surface area contributed by atoms with Gasteiger partial charge in [-0.2, -0.15) is 0 Å². The summed E-state index contributed by atoms with van der Waals surface area (Å²) in [7, 11) is 0. The van der Waals surface area contributed by atoms with E-state index in [0.29, 0.717) is 35.6 Å². The minimum atomic E-state index is -0.705. The largest absolute Gasteiger partial charge is 0.493 e. The second kappa shape index (κ2) is 10.7. The number of anilines is 1. The Kier molecular flexibility index (Phi) is 7.47. The molecule has 4 rings (SSSR count). The molecular weight excluding hydrogens is 423 g/mol. The first kappa shape index (κ1) is 23.1. The molecule has 6 nitrogen and oxygen atoms in total. The fourth-order valence-electron chi connectivity index (χ4n) is 4.89. The van der Waals surface area contributed by atoms with Gasteiger partial charge in [0.25, 0.3) is 5.91 Å². The molecule has 1 saturated heterocycles. The molecule has 1 aliphatic carbocycles. The van der Waals surface area contributed by atoms with E-state index in [1.165, 1.54) is 49.9 Å². The van der Waals surface area contributed by atoms with Gasteiger partial charge >= 0.3 is 6.09 Å². The maximum atomic E-state index is 13.5. The standard InChI is InChI=1S/C26H31FN2O4/c1-2-16-32-24-17-20(28-26(31)33-21-12-9-19(27)10-13-21)11-14-22(24)25(30)29-15-5-7-18-6-3-4-8-23(18)29/h9-14,17-18,23H,2-8,15-16H2,1H3,(H,28,31)/t18-,23-/m0/s1. The van der Waals surface area contributed by atoms with Crippen LogP contribution in [-0.4, -0.2) is 36.1 Å². The Morgan fingerprint density at radius 3 is 2.61 bits per heavy atom. The lowest BCUT2D eigenvalue weighted by atomic mass is 9.78. The van der Waals surface area contributed by atoms with Crippen molar-refractivity contribution in [2.75, 3.05) is 18.5 Å². The summed E-state index contributed by atoms with van der Waals surface area (Å²) in [6.45, 7) is 3.24. The molecule has 1 N–H and O–H groups in total. The molecule has 0 bridgehead atoms. The van der Waals surface area contributed by atoms with Crippen molar-refractivity contribution in [1.29, 1.82) is 0 Å². The number of fused-ring (bicyclic) bond motifs is 1. The van der Waals surface area contributed by atoms with Crippen LogP contribution in [0.25, 0.3) is 0 Å². The Labute approximate surface area is 194 Å². The maximum absolute atomic E-state index is 13.5. The van der Waals surface area contributed by atoms with Gasteiger partial charge in [-0.25, -0.2) is 9.18 Å². The average molecular weight is 455 g/mol. The smallest absolute Gasteiger partial charge is 0.417 e. The minimum absolute atomic E-state index is 0.00172. The lowest BCUT2D eigenvalue weighted by molar-refractivity contribution is 0.0387. The summed E-state index contributed by atoms with van der Waals surface area (Å²) in [5.41, 5.74) is 0.978. The summed E-state index contributed by atoms with van der Waals surface area (Å²) in [6.07, 6.45) is 7.02. The van der Waals surface area contributed by atoms with Crippen molar-refractivity contribution in [2.24, 2.45) is 5.92 Å². The predicted molar refractivity (Wildman–Crippen MR) is 124 cm³/mol. The topological polar surface area (TPSA) is 67.9 Å². The summed E-state index contributed by atoms with van der Waals surface area (Å²) in [5.74, 6) is 0.875. The van der Waals surface area contributed by atoms with Gasteiger partial charge in [-0.05, 0) is 74.4 Å². The lowest BCUT2D eigenvalue weighted by Gasteiger charge is -2.44. The Bertz CT molecular complexity index is 977. The molecule has 1 aliphatic heterocycles. The molecule has 33 heavy (non-hydrogen) atoms. The van der Waals surface area contributed by atoms with Gasteiger partial charge in [-0.1, -0.05) is 19.8 Å². The van der Waals surface area contributed by atoms with Crippen LogP contribution < -0.4 is 14.8 Å². The Morgan fingerprint density at radius 2 is 1.82 bits per heavy atom. The van der Waals surface area contributed by atoms with Crippen LogP contribution in [0, 0.1) is 11.7 Å². The number of carbonyl (C=O) groups excluding carboxylic acids is 2. The quantitative estimate of drug-likeness (QED) is 0.580. The predicted octanol–water partition coefficient (Wildman–Crippen LogP) is 6.02. The van der Waals surface area contributed by atoms with Crippen LogP contribution in [0.15, 0.2) is 42.5 Å². The second-order valence-electron chi connectivity index (χ2n) is 8.78. The van der Waals surface area contributed by atoms with Crippen molar-refractivity contribution in [3.63, 3.8) is 0 Å². The van der Waals surface area contributed by atoms with E-state index >= 15 is 0 Å². The number of rotatable bonds is 6. The summed E-state index contributed by atoms with van der Waals surface area (Å²) in [5, 5.41) is 2.65. The van der Waals surface area contributed by atoms with Gasteiger partial charge in [-0.15, -0.1) is 0 Å². The van der Waals surface area contributed by atoms with E-state index in [4.69, 9.17) is 9.47 Å². The molecule has 1 saturated carbocycles. The van der Waals surface area contributed by atoms with Crippen LogP contribution in [-0.2, 0) is 0 Å². The van der Waals surface area contributed by atoms with Crippen molar-refractivity contribution in [3.8, 4) is 11.5 Å². The van der Waals surface area contributed by atoms with Crippen molar-refractivity contribution in [3.05, 3.63) is 53.8 Å². The maximum Gasteiger partial charge on any atom is 0.417 e. The van der Waals surface area contributed by atoms with Crippen LogP contribution in [0.3, 0.4) is 0 Å². The zero-order valence-corrected chi connectivity index (χ0v) is 19.0. The van der Waals surface area contributed by atoms with E-state index in [1.54, 1.807) is 18.2 Å². The van der Waals surface area contributed by atoms with Gasteiger partial charge in [0.05, 0.1) is 12.2 Å². The molecule has 7 heteroatoms. The van der Waals surface area contributed by atoms with Gasteiger partial charge in [-0.3, -0.25) is 10.1 Å². The summed E-state index contributed by atoms with van der Waals surface area (Å²) < 4.78 is 24.1. The molecular formula is C26H31FN2O4. The highest BCUT2D eigenvalue weighted by Crippen LogP contribution is 2.37. The molecule has 176 valence electrons. The highest BCUT2D eigenvalue weighted by atomic mass is 19.1. The van der Waals surface area contributed by atoms with Crippen LogP contribution in [0.2, 0.25) is 0 Å². The molecule has 2 aromatic carbocycles. The third-order valence-corrected chi connectivity index (χ3v) is 6.45. The van der Waals surface area contributed by atoms with E-state index in [1.807, 2.05) is 11.8 Å². The van der Waals surface area contributed by atoms with Gasteiger partial charge < -0.3 is 14.4 Å². The van der Waals surface area contributed by atoms with Crippen molar-refractivity contribution in [2.45, 2.75) is 57.9 Å². The van der Waals surface area contributed by atoms with E-state index in [9.17, 15) is 14.0 Å². The monoisotopic (exact) mass is 454 g/mol. The number of nitrogens with one attached hydrogen (secondary N) is 1. The molecule has 1 heterocycles. The fraction of sp³-hybridized carbons (Fsp3) is 0.462. The summed E-state index contributed by atoms with van der Waals surface area (Å²) in [4.78, 5) is 27.9. The van der Waals surface area contributed by atoms with E-state index in [2.05, 4.69) is 5.32 Å². The first-order chi connectivity index (χ1) is 16.0. The van der Waals surface area contributed by atoms with E-state index in [0.717, 1.165) is 25.8 Å². The Balaban J connectivity index is 1.50. The molecule has 2 atom stereocenters. The van der Waals surface area contributed by atoms with Crippen molar-refractivity contribution >= 4 is 17.7 Å². The SMILES string of the molecule is CCCOc1cc(NC(=O)Oc2ccc(F)cc2)ccc1C(=O)N1CCC[C@@H]2CCCC[C@@H]21. The number of benzene rings is 2. The number of ether oxygens (including phenoxy) is 2. The number of piperidine rings is 1. The summed E-state index contributed by atoms with van der Waals surface area (Å²) in [6, 6.07) is 10.6. The molecule has 0 radical (unpaired) electrons. The highest BCUT2D eigenvalue weighted by Gasteiger charge is 2.36. The number of hydrogen-bond donors (Lipinski definition) is 1. The third-order valence-electron chi connectivity index (χ3n) is 6.45.